The lowest BCUT2D eigenvalue weighted by Crippen LogP contribution is -2.27. The Balaban J connectivity index is 3.14. The number of ether oxygens (including phenoxy) is 1. The lowest BCUT2D eigenvalue weighted by molar-refractivity contribution is -0.0636. The molecular formula is C21H31F3O2. The van der Waals surface area contributed by atoms with E-state index < -0.39 is 24.5 Å². The quantitative estimate of drug-likeness (QED) is 0.481. The zero-order chi connectivity index (χ0) is 20.2. The van der Waals surface area contributed by atoms with Crippen LogP contribution >= 0.6 is 0 Å². The molecule has 1 unspecified atom stereocenters. The third-order valence-electron chi connectivity index (χ3n) is 4.49. The van der Waals surface area contributed by atoms with Crippen molar-refractivity contribution in [1.29, 1.82) is 0 Å². The molecule has 0 amide bonds. The molecule has 0 spiro atoms. The number of halogens is 3. The second-order valence-electron chi connectivity index (χ2n) is 7.89. The van der Waals surface area contributed by atoms with Crippen LogP contribution in [0.1, 0.15) is 99.7 Å². The van der Waals surface area contributed by atoms with E-state index in [0.29, 0.717) is 18.4 Å². The highest BCUT2D eigenvalue weighted by molar-refractivity contribution is 5.93. The smallest absolute Gasteiger partial charge is 0.338 e. The van der Waals surface area contributed by atoms with Gasteiger partial charge in [-0.2, -0.15) is 0 Å². The van der Waals surface area contributed by atoms with Crippen LogP contribution in [-0.4, -0.2) is 24.7 Å². The van der Waals surface area contributed by atoms with Gasteiger partial charge < -0.3 is 4.74 Å². The fourth-order valence-electron chi connectivity index (χ4n) is 2.77. The van der Waals surface area contributed by atoms with Gasteiger partial charge in [0.15, 0.2) is 6.17 Å². The second-order valence-corrected chi connectivity index (χ2v) is 7.89. The van der Waals surface area contributed by atoms with Crippen molar-refractivity contribution in [3.8, 4) is 0 Å². The summed E-state index contributed by atoms with van der Waals surface area (Å²) in [7, 11) is 0. The Bertz CT molecular complexity index is 587. The Morgan fingerprint density at radius 1 is 1.00 bits per heavy atom. The molecule has 1 aromatic carbocycles. The molecule has 0 saturated carbocycles. The monoisotopic (exact) mass is 372 g/mol. The number of rotatable bonds is 8. The van der Waals surface area contributed by atoms with Crippen LogP contribution in [0.15, 0.2) is 12.1 Å². The van der Waals surface area contributed by atoms with Gasteiger partial charge in [0, 0.05) is 13.3 Å². The standard InChI is InChI=1S/C21H31F3O2/c1-12(2)15-10-16(13(3)4)19(17(11-15)14(5)6)20(25)26-9-8-18(22)21(7,23)24/h10-14,18H,8-9H2,1-7H3. The number of hydrogen-bond donors (Lipinski definition) is 0. The zero-order valence-corrected chi connectivity index (χ0v) is 16.8. The van der Waals surface area contributed by atoms with Crippen molar-refractivity contribution in [3.63, 3.8) is 0 Å². The Morgan fingerprint density at radius 3 is 1.81 bits per heavy atom. The first-order valence-corrected chi connectivity index (χ1v) is 9.22. The van der Waals surface area contributed by atoms with Gasteiger partial charge in [0.2, 0.25) is 0 Å². The van der Waals surface area contributed by atoms with Gasteiger partial charge in [-0.3, -0.25) is 0 Å². The lowest BCUT2D eigenvalue weighted by atomic mass is 9.84. The Morgan fingerprint density at radius 2 is 1.46 bits per heavy atom. The van der Waals surface area contributed by atoms with Crippen molar-refractivity contribution in [2.75, 3.05) is 6.61 Å². The van der Waals surface area contributed by atoms with Gasteiger partial charge in [0.25, 0.3) is 5.92 Å². The molecule has 0 N–H and O–H groups in total. The van der Waals surface area contributed by atoms with E-state index in [2.05, 4.69) is 13.8 Å². The number of benzene rings is 1. The van der Waals surface area contributed by atoms with Gasteiger partial charge in [-0.1, -0.05) is 53.7 Å². The molecule has 26 heavy (non-hydrogen) atoms. The number of esters is 1. The fourth-order valence-corrected chi connectivity index (χ4v) is 2.77. The summed E-state index contributed by atoms with van der Waals surface area (Å²) in [5, 5.41) is 0. The van der Waals surface area contributed by atoms with Crippen LogP contribution in [0.4, 0.5) is 13.2 Å². The summed E-state index contributed by atoms with van der Waals surface area (Å²) in [6.07, 6.45) is -2.85. The van der Waals surface area contributed by atoms with E-state index in [-0.39, 0.29) is 18.4 Å². The summed E-state index contributed by atoms with van der Waals surface area (Å²) in [5.74, 6) is -3.49. The molecule has 0 aliphatic heterocycles. The highest BCUT2D eigenvalue weighted by Crippen LogP contribution is 2.33. The number of hydrogen-bond acceptors (Lipinski definition) is 2. The van der Waals surface area contributed by atoms with E-state index in [0.717, 1.165) is 16.7 Å². The first kappa shape index (κ1) is 22.5. The first-order valence-electron chi connectivity index (χ1n) is 9.22. The van der Waals surface area contributed by atoms with Gasteiger partial charge >= 0.3 is 5.97 Å². The summed E-state index contributed by atoms with van der Waals surface area (Å²) in [6, 6.07) is 4.02. The number of carbonyl (C=O) groups excluding carboxylic acids is 1. The molecule has 2 nitrogen and oxygen atoms in total. The summed E-state index contributed by atoms with van der Waals surface area (Å²) < 4.78 is 44.4. The Labute approximate surface area is 155 Å². The van der Waals surface area contributed by atoms with Crippen LogP contribution in [0.25, 0.3) is 0 Å². The van der Waals surface area contributed by atoms with Crippen molar-refractivity contribution in [2.45, 2.75) is 84.7 Å². The van der Waals surface area contributed by atoms with Gasteiger partial charge in [-0.05, 0) is 34.4 Å². The molecular weight excluding hydrogens is 341 g/mol. The maximum absolute atomic E-state index is 13.4. The molecule has 148 valence electrons. The molecule has 1 aromatic rings. The summed E-state index contributed by atoms with van der Waals surface area (Å²) in [5.41, 5.74) is 3.38. The highest BCUT2D eigenvalue weighted by Gasteiger charge is 2.34. The van der Waals surface area contributed by atoms with Gasteiger partial charge in [-0.25, -0.2) is 18.0 Å². The summed E-state index contributed by atoms with van der Waals surface area (Å²) >= 11 is 0. The van der Waals surface area contributed by atoms with Crippen LogP contribution < -0.4 is 0 Å². The van der Waals surface area contributed by atoms with Gasteiger partial charge in [0.1, 0.15) is 0 Å². The molecule has 5 heteroatoms. The van der Waals surface area contributed by atoms with Crippen LogP contribution in [0.3, 0.4) is 0 Å². The minimum atomic E-state index is -3.43. The topological polar surface area (TPSA) is 26.3 Å². The van der Waals surface area contributed by atoms with Crippen molar-refractivity contribution < 1.29 is 22.7 Å². The van der Waals surface area contributed by atoms with Gasteiger partial charge in [0.05, 0.1) is 12.2 Å². The summed E-state index contributed by atoms with van der Waals surface area (Å²) in [4.78, 5) is 12.7. The largest absolute Gasteiger partial charge is 0.462 e. The molecule has 0 heterocycles. The Kier molecular flexibility index (Phi) is 7.72. The molecule has 1 atom stereocenters. The predicted octanol–water partition coefficient (Wildman–Crippen LogP) is 6.60. The SMILES string of the molecule is CC(C)c1cc(C(C)C)c(C(=O)OCCC(F)C(C)(F)F)c(C(C)C)c1. The molecule has 0 aliphatic rings. The maximum atomic E-state index is 13.4. The maximum Gasteiger partial charge on any atom is 0.338 e. The zero-order valence-electron chi connectivity index (χ0n) is 16.8. The second kappa shape index (κ2) is 8.92. The third kappa shape index (κ3) is 5.75. The summed E-state index contributed by atoms with van der Waals surface area (Å²) in [6.45, 7) is 12.3. The predicted molar refractivity (Wildman–Crippen MR) is 99.1 cm³/mol. The first-order chi connectivity index (χ1) is 11.9. The average Bonchev–Trinajstić information content (AvgIpc) is 2.51. The minimum Gasteiger partial charge on any atom is -0.462 e. The average molecular weight is 372 g/mol. The number of carbonyl (C=O) groups is 1. The van der Waals surface area contributed by atoms with Gasteiger partial charge in [-0.15, -0.1) is 0 Å². The van der Waals surface area contributed by atoms with E-state index in [1.165, 1.54) is 0 Å². The van der Waals surface area contributed by atoms with E-state index >= 15 is 0 Å². The molecule has 1 rings (SSSR count). The van der Waals surface area contributed by atoms with Crippen LogP contribution in [-0.2, 0) is 4.74 Å². The normalized spacial score (nSPS) is 13.6. The molecule has 0 bridgehead atoms. The Hall–Kier alpha value is -1.52. The fraction of sp³-hybridized carbons (Fsp3) is 0.667. The molecule has 0 fully saturated rings. The van der Waals surface area contributed by atoms with Crippen LogP contribution in [0.5, 0.6) is 0 Å². The van der Waals surface area contributed by atoms with Crippen molar-refractivity contribution in [1.82, 2.24) is 0 Å². The van der Waals surface area contributed by atoms with Crippen molar-refractivity contribution in [2.24, 2.45) is 0 Å². The lowest BCUT2D eigenvalue weighted by Gasteiger charge is -2.22. The van der Waals surface area contributed by atoms with E-state index in [1.54, 1.807) is 0 Å². The molecule has 0 saturated heterocycles. The van der Waals surface area contributed by atoms with Crippen LogP contribution in [0.2, 0.25) is 0 Å². The highest BCUT2D eigenvalue weighted by atomic mass is 19.3. The van der Waals surface area contributed by atoms with E-state index in [4.69, 9.17) is 4.74 Å². The van der Waals surface area contributed by atoms with Crippen molar-refractivity contribution >= 4 is 5.97 Å². The molecule has 0 aliphatic carbocycles. The number of alkyl halides is 3. The van der Waals surface area contributed by atoms with E-state index in [1.807, 2.05) is 39.8 Å². The minimum absolute atomic E-state index is 0.0997. The molecule has 0 radical (unpaired) electrons. The third-order valence-corrected chi connectivity index (χ3v) is 4.49. The van der Waals surface area contributed by atoms with Crippen molar-refractivity contribution in [3.05, 3.63) is 34.4 Å². The molecule has 0 aromatic heterocycles. The van der Waals surface area contributed by atoms with Crippen LogP contribution in [0, 0.1) is 0 Å². The van der Waals surface area contributed by atoms with E-state index in [9.17, 15) is 18.0 Å².